The van der Waals surface area contributed by atoms with E-state index in [9.17, 15) is 24.5 Å². The molecule has 1 saturated heterocycles. The van der Waals surface area contributed by atoms with Crippen LogP contribution in [0.1, 0.15) is 41.9 Å². The second-order valence-corrected chi connectivity index (χ2v) is 8.14. The van der Waals surface area contributed by atoms with Crippen molar-refractivity contribution in [3.8, 4) is 0 Å². The van der Waals surface area contributed by atoms with Crippen molar-refractivity contribution >= 4 is 28.8 Å². The van der Waals surface area contributed by atoms with E-state index in [1.54, 1.807) is 25.9 Å². The first-order valence-corrected chi connectivity index (χ1v) is 9.63. The maximum atomic E-state index is 11.6. The fourth-order valence-electron chi connectivity index (χ4n) is 2.87. The van der Waals surface area contributed by atoms with Crippen molar-refractivity contribution in [2.24, 2.45) is 0 Å². The maximum absolute atomic E-state index is 11.6. The molecular weight excluding hydrogens is 386 g/mol. The van der Waals surface area contributed by atoms with Crippen LogP contribution in [0.4, 0.5) is 0 Å². The molecule has 3 aliphatic heterocycles. The maximum Gasteiger partial charge on any atom is 0.383 e. The highest BCUT2D eigenvalue weighted by atomic mass is 32.2. The van der Waals surface area contributed by atoms with E-state index < -0.39 is 17.1 Å². The molecule has 1 aromatic carbocycles. The molecule has 0 radical (unpaired) electrons. The molecule has 9 nitrogen and oxygen atoms in total. The van der Waals surface area contributed by atoms with Gasteiger partial charge < -0.3 is 15.0 Å². The predicted molar refractivity (Wildman–Crippen MR) is 103 cm³/mol. The van der Waals surface area contributed by atoms with E-state index in [0.717, 1.165) is 19.4 Å². The average Bonchev–Trinajstić information content (AvgIpc) is 2.91. The van der Waals surface area contributed by atoms with Crippen LogP contribution in [0.25, 0.3) is 0 Å². The lowest BCUT2D eigenvalue weighted by Crippen LogP contribution is -2.49. The standard InChI is InChI=1S/C10H18N2O2S.C8H5NO4/c1-7(13)15-8-4-5-9(11-6-8)10(14)12(2)3;10-8-6-3-1-5(2-4-6)7(13-8)9(11)12/h8-9,11H,4-6H2,1-3H3;1-4,7H. The number of rotatable bonds is 3. The molecular formula is C18H23N3O6S. The lowest BCUT2D eigenvalue weighted by atomic mass is 10.0. The second kappa shape index (κ2) is 9.65. The molecule has 1 fully saturated rings. The summed E-state index contributed by atoms with van der Waals surface area (Å²) >= 11 is 1.37. The number of ether oxygens (including phenoxy) is 1. The van der Waals surface area contributed by atoms with Gasteiger partial charge in [-0.25, -0.2) is 4.79 Å². The Labute approximate surface area is 166 Å². The van der Waals surface area contributed by atoms with Gasteiger partial charge in [0.15, 0.2) is 5.12 Å². The number of fused-ring (bicyclic) bond motifs is 4. The van der Waals surface area contributed by atoms with Gasteiger partial charge in [-0.15, -0.1) is 0 Å². The monoisotopic (exact) mass is 409 g/mol. The van der Waals surface area contributed by atoms with Crippen LogP contribution in [0.2, 0.25) is 0 Å². The van der Waals surface area contributed by atoms with Gasteiger partial charge in [-0.3, -0.25) is 19.7 Å². The molecule has 3 heterocycles. The zero-order valence-electron chi connectivity index (χ0n) is 15.9. The summed E-state index contributed by atoms with van der Waals surface area (Å²) in [6, 6.07) is 6.01. The summed E-state index contributed by atoms with van der Waals surface area (Å²) < 4.78 is 4.62. The van der Waals surface area contributed by atoms with Gasteiger partial charge >= 0.3 is 12.2 Å². The fourth-order valence-corrected chi connectivity index (χ4v) is 3.78. The molecule has 3 unspecified atom stereocenters. The minimum Gasteiger partial charge on any atom is -0.390 e. The Hall–Kier alpha value is -2.46. The molecule has 4 rings (SSSR count). The summed E-state index contributed by atoms with van der Waals surface area (Å²) in [7, 11) is 3.53. The second-order valence-electron chi connectivity index (χ2n) is 6.67. The number of hydrogen-bond acceptors (Lipinski definition) is 8. The minimum absolute atomic E-state index is 0.0659. The highest BCUT2D eigenvalue weighted by molar-refractivity contribution is 8.14. The van der Waals surface area contributed by atoms with Gasteiger partial charge in [0.05, 0.1) is 22.1 Å². The lowest BCUT2D eigenvalue weighted by Gasteiger charge is -2.29. The smallest absolute Gasteiger partial charge is 0.383 e. The number of piperidine rings is 1. The first-order chi connectivity index (χ1) is 13.2. The fraction of sp³-hybridized carbons (Fsp3) is 0.500. The molecule has 0 saturated carbocycles. The van der Waals surface area contributed by atoms with E-state index in [4.69, 9.17) is 0 Å². The van der Waals surface area contributed by atoms with Crippen molar-refractivity contribution in [3.05, 3.63) is 45.5 Å². The normalized spacial score (nSPS) is 23.0. The summed E-state index contributed by atoms with van der Waals surface area (Å²) in [4.78, 5) is 45.1. The van der Waals surface area contributed by atoms with Crippen LogP contribution in [0.3, 0.4) is 0 Å². The Morgan fingerprint density at radius 1 is 1.25 bits per heavy atom. The number of thioether (sulfide) groups is 1. The number of carbonyl (C=O) groups is 3. The van der Waals surface area contributed by atoms with Gasteiger partial charge in [-0.05, 0) is 37.1 Å². The van der Waals surface area contributed by atoms with Gasteiger partial charge in [0.2, 0.25) is 5.91 Å². The van der Waals surface area contributed by atoms with E-state index in [-0.39, 0.29) is 17.1 Å². The van der Waals surface area contributed by atoms with Gasteiger partial charge in [-0.1, -0.05) is 11.8 Å². The van der Waals surface area contributed by atoms with Gasteiger partial charge in [0, 0.05) is 32.8 Å². The Morgan fingerprint density at radius 2 is 1.89 bits per heavy atom. The third-order valence-corrected chi connectivity index (χ3v) is 5.35. The van der Waals surface area contributed by atoms with E-state index in [1.165, 1.54) is 36.0 Å². The number of nitro groups is 1. The molecule has 152 valence electrons. The molecule has 10 heteroatoms. The molecule has 1 amide bonds. The summed E-state index contributed by atoms with van der Waals surface area (Å²) in [6.45, 7) is 2.33. The third-order valence-electron chi connectivity index (χ3n) is 4.28. The van der Waals surface area contributed by atoms with Crippen molar-refractivity contribution in [2.45, 2.75) is 37.3 Å². The topological polar surface area (TPSA) is 119 Å². The van der Waals surface area contributed by atoms with Crippen LogP contribution in [-0.2, 0) is 14.3 Å². The highest BCUT2D eigenvalue weighted by Crippen LogP contribution is 2.24. The molecule has 28 heavy (non-hydrogen) atoms. The third kappa shape index (κ3) is 5.77. The summed E-state index contributed by atoms with van der Waals surface area (Å²) in [5.74, 6) is -0.525. The number of esters is 1. The number of benzene rings is 1. The molecule has 3 aliphatic rings. The largest absolute Gasteiger partial charge is 0.390 e. The lowest BCUT2D eigenvalue weighted by molar-refractivity contribution is -0.574. The van der Waals surface area contributed by atoms with Crippen LogP contribution in [0, 0.1) is 10.1 Å². The zero-order chi connectivity index (χ0) is 20.8. The van der Waals surface area contributed by atoms with Gasteiger partial charge in [0.1, 0.15) is 0 Å². The van der Waals surface area contributed by atoms with Crippen LogP contribution in [0.15, 0.2) is 24.3 Å². The van der Waals surface area contributed by atoms with Crippen LogP contribution < -0.4 is 5.32 Å². The SMILES string of the molecule is CC(=O)SC1CCC(C(=O)N(C)C)NC1.O=C1OC([N+](=O)[O-])c2ccc1cc2. The molecule has 2 bridgehead atoms. The predicted octanol–water partition coefficient (Wildman–Crippen LogP) is 1.61. The van der Waals surface area contributed by atoms with Crippen molar-refractivity contribution < 1.29 is 24.0 Å². The quantitative estimate of drug-likeness (QED) is 0.454. The number of amides is 1. The van der Waals surface area contributed by atoms with Gasteiger partial charge in [0.25, 0.3) is 0 Å². The number of nitrogens with one attached hydrogen (secondary N) is 1. The molecule has 0 aromatic heterocycles. The van der Waals surface area contributed by atoms with E-state index in [2.05, 4.69) is 10.1 Å². The van der Waals surface area contributed by atoms with E-state index in [1.807, 2.05) is 0 Å². The van der Waals surface area contributed by atoms with E-state index in [0.29, 0.717) is 16.4 Å². The molecule has 0 spiro atoms. The Bertz CT molecular complexity index is 744. The van der Waals surface area contributed by atoms with E-state index >= 15 is 0 Å². The van der Waals surface area contributed by atoms with Crippen molar-refractivity contribution in [1.29, 1.82) is 0 Å². The molecule has 0 aliphatic carbocycles. The Kier molecular flexibility index (Phi) is 7.53. The Morgan fingerprint density at radius 3 is 2.36 bits per heavy atom. The summed E-state index contributed by atoms with van der Waals surface area (Å²) in [6.07, 6.45) is 0.392. The number of carbonyl (C=O) groups excluding carboxylic acids is 3. The Balaban J connectivity index is 0.000000202. The summed E-state index contributed by atoms with van der Waals surface area (Å²) in [5.41, 5.74) is 0.729. The zero-order valence-corrected chi connectivity index (χ0v) is 16.7. The molecule has 1 N–H and O–H groups in total. The van der Waals surface area contributed by atoms with Gasteiger partial charge in [-0.2, -0.15) is 0 Å². The first kappa shape index (κ1) is 21.8. The van der Waals surface area contributed by atoms with Crippen LogP contribution in [-0.4, -0.2) is 58.7 Å². The number of nitrogens with zero attached hydrogens (tertiary/aromatic N) is 2. The number of hydrogen-bond donors (Lipinski definition) is 1. The molecule has 1 aromatic rings. The number of likely N-dealkylation sites (N-methyl/N-ethyl adjacent to an activating group) is 1. The van der Waals surface area contributed by atoms with Crippen molar-refractivity contribution in [2.75, 3.05) is 20.6 Å². The van der Waals surface area contributed by atoms with Crippen molar-refractivity contribution in [1.82, 2.24) is 10.2 Å². The molecule has 3 atom stereocenters. The minimum atomic E-state index is -1.36. The van der Waals surface area contributed by atoms with Crippen LogP contribution in [0.5, 0.6) is 0 Å². The first-order valence-electron chi connectivity index (χ1n) is 8.75. The highest BCUT2D eigenvalue weighted by Gasteiger charge is 2.31. The summed E-state index contributed by atoms with van der Waals surface area (Å²) in [5, 5.41) is 14.1. The average molecular weight is 409 g/mol. The van der Waals surface area contributed by atoms with Crippen molar-refractivity contribution in [3.63, 3.8) is 0 Å². The van der Waals surface area contributed by atoms with Crippen LogP contribution >= 0.6 is 11.8 Å².